The molecule has 0 aliphatic rings. The number of carbonyl (C=O) groups is 1. The third kappa shape index (κ3) is 2.48. The zero-order chi connectivity index (χ0) is 14.9. The van der Waals surface area contributed by atoms with Gasteiger partial charge in [0.1, 0.15) is 5.56 Å². The van der Waals surface area contributed by atoms with E-state index < -0.39 is 0 Å². The first-order valence-corrected chi connectivity index (χ1v) is 7.56. The van der Waals surface area contributed by atoms with Crippen molar-refractivity contribution in [3.63, 3.8) is 0 Å². The van der Waals surface area contributed by atoms with Gasteiger partial charge in [0.15, 0.2) is 5.78 Å². The Bertz CT molecular complexity index is 670. The average Bonchev–Trinajstić information content (AvgIpc) is 2.75. The van der Waals surface area contributed by atoms with Gasteiger partial charge in [0.25, 0.3) is 0 Å². The molecular weight excluding hydrogens is 298 g/mol. The number of thioether (sulfide) groups is 1. The number of rotatable bonds is 4. The summed E-state index contributed by atoms with van der Waals surface area (Å²) in [4.78, 5) is 12.5. The quantitative estimate of drug-likeness (QED) is 0.669. The standard InChI is InChI=1S/C13H14ClN3O2S/c1-17-13(19)8(5-16-17)12(18)7-3-4-10(14)11(15)9(7)6-20-2/h3-5,19H,6,15H2,1-2H3. The lowest BCUT2D eigenvalue weighted by Crippen LogP contribution is -2.08. The normalized spacial score (nSPS) is 10.8. The summed E-state index contributed by atoms with van der Waals surface area (Å²) < 4.78 is 1.24. The molecule has 2 aromatic rings. The molecule has 0 saturated carbocycles. The van der Waals surface area contributed by atoms with Gasteiger partial charge in [-0.25, -0.2) is 4.68 Å². The second-order valence-electron chi connectivity index (χ2n) is 4.25. The maximum absolute atomic E-state index is 12.5. The average molecular weight is 312 g/mol. The van der Waals surface area contributed by atoms with Crippen LogP contribution >= 0.6 is 23.4 Å². The fraction of sp³-hybridized carbons (Fsp3) is 0.231. The second kappa shape index (κ2) is 5.76. The number of anilines is 1. The molecule has 20 heavy (non-hydrogen) atoms. The van der Waals surface area contributed by atoms with E-state index in [1.54, 1.807) is 19.2 Å². The summed E-state index contributed by atoms with van der Waals surface area (Å²) in [7, 11) is 1.56. The van der Waals surface area contributed by atoms with Gasteiger partial charge in [-0.15, -0.1) is 0 Å². The summed E-state index contributed by atoms with van der Waals surface area (Å²) in [6, 6.07) is 3.21. The van der Waals surface area contributed by atoms with Gasteiger partial charge in [-0.2, -0.15) is 16.9 Å². The molecule has 0 bridgehead atoms. The number of nitrogens with two attached hydrogens (primary N) is 1. The highest BCUT2D eigenvalue weighted by molar-refractivity contribution is 7.97. The Morgan fingerprint density at radius 2 is 2.20 bits per heavy atom. The van der Waals surface area contributed by atoms with Gasteiger partial charge in [0.2, 0.25) is 5.88 Å². The third-order valence-corrected chi connectivity index (χ3v) is 3.90. The van der Waals surface area contributed by atoms with Gasteiger partial charge in [-0.05, 0) is 24.0 Å². The zero-order valence-corrected chi connectivity index (χ0v) is 12.6. The lowest BCUT2D eigenvalue weighted by Gasteiger charge is -2.11. The summed E-state index contributed by atoms with van der Waals surface area (Å²) in [6.45, 7) is 0. The summed E-state index contributed by atoms with van der Waals surface area (Å²) in [6.07, 6.45) is 3.25. The predicted octanol–water partition coefficient (Wildman–Crippen LogP) is 2.46. The zero-order valence-electron chi connectivity index (χ0n) is 11.1. The minimum absolute atomic E-state index is 0.150. The number of nitrogen functional groups attached to an aromatic ring is 1. The van der Waals surface area contributed by atoms with Crippen molar-refractivity contribution in [3.8, 4) is 5.88 Å². The van der Waals surface area contributed by atoms with Gasteiger partial charge in [-0.3, -0.25) is 4.79 Å². The Balaban J connectivity index is 2.55. The molecule has 5 nitrogen and oxygen atoms in total. The van der Waals surface area contributed by atoms with E-state index in [-0.39, 0.29) is 17.2 Å². The molecule has 7 heteroatoms. The molecular formula is C13H14ClN3O2S. The molecule has 1 heterocycles. The number of halogens is 1. The van der Waals surface area contributed by atoms with E-state index in [0.29, 0.717) is 27.6 Å². The van der Waals surface area contributed by atoms with Crippen LogP contribution in [0.15, 0.2) is 18.3 Å². The Labute approximate surface area is 125 Å². The Morgan fingerprint density at radius 3 is 2.75 bits per heavy atom. The monoisotopic (exact) mass is 311 g/mol. The van der Waals surface area contributed by atoms with Crippen LogP contribution in [0.25, 0.3) is 0 Å². The first-order valence-electron chi connectivity index (χ1n) is 5.78. The number of hydrogen-bond acceptors (Lipinski definition) is 5. The minimum atomic E-state index is -0.317. The van der Waals surface area contributed by atoms with E-state index in [4.69, 9.17) is 17.3 Å². The number of hydrogen-bond donors (Lipinski definition) is 2. The van der Waals surface area contributed by atoms with E-state index in [0.717, 1.165) is 0 Å². The molecule has 106 valence electrons. The van der Waals surface area contributed by atoms with Crippen LogP contribution in [0, 0.1) is 0 Å². The number of carbonyl (C=O) groups excluding carboxylic acids is 1. The van der Waals surface area contributed by atoms with Crippen molar-refractivity contribution < 1.29 is 9.90 Å². The van der Waals surface area contributed by atoms with Crippen LogP contribution < -0.4 is 5.73 Å². The third-order valence-electron chi connectivity index (χ3n) is 2.99. The summed E-state index contributed by atoms with van der Waals surface area (Å²) in [5, 5.41) is 14.1. The van der Waals surface area contributed by atoms with E-state index in [1.807, 2.05) is 6.26 Å². The molecule has 0 unspecified atom stereocenters. The van der Waals surface area contributed by atoms with Crippen LogP contribution in [-0.4, -0.2) is 26.9 Å². The maximum Gasteiger partial charge on any atom is 0.220 e. The Kier molecular flexibility index (Phi) is 4.25. The number of nitrogens with zero attached hydrogens (tertiary/aromatic N) is 2. The molecule has 2 rings (SSSR count). The van der Waals surface area contributed by atoms with Gasteiger partial charge in [0, 0.05) is 18.4 Å². The second-order valence-corrected chi connectivity index (χ2v) is 5.53. The molecule has 0 amide bonds. The smallest absolute Gasteiger partial charge is 0.220 e. The largest absolute Gasteiger partial charge is 0.493 e. The Hall–Kier alpha value is -1.66. The number of aryl methyl sites for hydroxylation is 1. The van der Waals surface area contributed by atoms with Gasteiger partial charge in [0.05, 0.1) is 16.9 Å². The fourth-order valence-corrected chi connectivity index (χ4v) is 2.66. The van der Waals surface area contributed by atoms with Gasteiger partial charge < -0.3 is 10.8 Å². The first-order chi connectivity index (χ1) is 9.47. The molecule has 0 aliphatic carbocycles. The number of aromatic hydroxyl groups is 1. The van der Waals surface area contributed by atoms with Crippen LogP contribution in [0.2, 0.25) is 5.02 Å². The van der Waals surface area contributed by atoms with E-state index in [1.165, 1.54) is 22.6 Å². The highest BCUT2D eigenvalue weighted by Gasteiger charge is 2.21. The SMILES string of the molecule is CSCc1c(C(=O)c2cnn(C)c2O)ccc(Cl)c1N. The van der Waals surface area contributed by atoms with Gasteiger partial charge >= 0.3 is 0 Å². The molecule has 0 radical (unpaired) electrons. The van der Waals surface area contributed by atoms with Crippen molar-refractivity contribution in [2.75, 3.05) is 12.0 Å². The number of aromatic nitrogens is 2. The van der Waals surface area contributed by atoms with Crippen LogP contribution in [0.3, 0.4) is 0 Å². The molecule has 0 aliphatic heterocycles. The molecule has 0 saturated heterocycles. The van der Waals surface area contributed by atoms with Crippen molar-refractivity contribution in [1.82, 2.24) is 9.78 Å². The summed E-state index contributed by atoms with van der Waals surface area (Å²) in [5.41, 5.74) is 7.61. The van der Waals surface area contributed by atoms with Crippen molar-refractivity contribution in [3.05, 3.63) is 40.0 Å². The van der Waals surface area contributed by atoms with Crippen LogP contribution in [0.5, 0.6) is 5.88 Å². The predicted molar refractivity (Wildman–Crippen MR) is 81.4 cm³/mol. The molecule has 0 spiro atoms. The molecule has 1 aromatic heterocycles. The Morgan fingerprint density at radius 1 is 1.50 bits per heavy atom. The lowest BCUT2D eigenvalue weighted by molar-refractivity contribution is 0.103. The van der Waals surface area contributed by atoms with E-state index in [2.05, 4.69) is 5.10 Å². The minimum Gasteiger partial charge on any atom is -0.493 e. The van der Waals surface area contributed by atoms with Crippen LogP contribution in [0.1, 0.15) is 21.5 Å². The van der Waals surface area contributed by atoms with Crippen LogP contribution in [0.4, 0.5) is 5.69 Å². The lowest BCUT2D eigenvalue weighted by atomic mass is 9.99. The topological polar surface area (TPSA) is 81.1 Å². The first kappa shape index (κ1) is 14.7. The number of benzene rings is 1. The fourth-order valence-electron chi connectivity index (χ4n) is 1.89. The summed E-state index contributed by atoms with van der Waals surface area (Å²) in [5.74, 6) is 0.0794. The summed E-state index contributed by atoms with van der Waals surface area (Å²) >= 11 is 7.54. The highest BCUT2D eigenvalue weighted by Crippen LogP contribution is 2.31. The van der Waals surface area contributed by atoms with E-state index in [9.17, 15) is 9.90 Å². The highest BCUT2D eigenvalue weighted by atomic mass is 35.5. The molecule has 0 atom stereocenters. The van der Waals surface area contributed by atoms with Gasteiger partial charge in [-0.1, -0.05) is 11.6 Å². The van der Waals surface area contributed by atoms with Crippen molar-refractivity contribution in [1.29, 1.82) is 0 Å². The molecule has 0 fully saturated rings. The van der Waals surface area contributed by atoms with Crippen LogP contribution in [-0.2, 0) is 12.8 Å². The maximum atomic E-state index is 12.5. The van der Waals surface area contributed by atoms with Crippen molar-refractivity contribution in [2.24, 2.45) is 7.05 Å². The van der Waals surface area contributed by atoms with Crippen molar-refractivity contribution >= 4 is 34.8 Å². The van der Waals surface area contributed by atoms with Crippen molar-refractivity contribution in [2.45, 2.75) is 5.75 Å². The number of ketones is 1. The molecule has 1 aromatic carbocycles. The van der Waals surface area contributed by atoms with E-state index >= 15 is 0 Å². The molecule has 3 N–H and O–H groups in total.